The molecular formula is C14H18N2O5. The maximum absolute atomic E-state index is 11.5. The smallest absolute Gasteiger partial charge is 0.306 e. The lowest BCUT2D eigenvalue weighted by atomic mass is 10.1. The van der Waals surface area contributed by atoms with Crippen LogP contribution in [0.3, 0.4) is 0 Å². The highest BCUT2D eigenvalue weighted by molar-refractivity contribution is 5.93. The predicted octanol–water partition coefficient (Wildman–Crippen LogP) is 2.17. The van der Waals surface area contributed by atoms with E-state index in [1.54, 1.807) is 0 Å². The summed E-state index contributed by atoms with van der Waals surface area (Å²) < 4.78 is 5.01. The molecule has 2 N–H and O–H groups in total. The van der Waals surface area contributed by atoms with Crippen LogP contribution in [-0.4, -0.2) is 16.8 Å². The summed E-state index contributed by atoms with van der Waals surface area (Å²) in [4.78, 5) is 32.9. The third-order valence-corrected chi connectivity index (χ3v) is 2.88. The number of rotatable bonds is 7. The zero-order chi connectivity index (χ0) is 16.0. The van der Waals surface area contributed by atoms with Crippen LogP contribution in [0.1, 0.15) is 42.6 Å². The van der Waals surface area contributed by atoms with E-state index in [0.29, 0.717) is 12.3 Å². The highest BCUT2D eigenvalue weighted by Crippen LogP contribution is 2.21. The van der Waals surface area contributed by atoms with Gasteiger partial charge >= 0.3 is 5.97 Å². The summed E-state index contributed by atoms with van der Waals surface area (Å²) in [5, 5.41) is 11.0. The van der Waals surface area contributed by atoms with E-state index in [9.17, 15) is 19.7 Å². The first-order chi connectivity index (χ1) is 9.81. The van der Waals surface area contributed by atoms with Crippen LogP contribution in [0.5, 0.6) is 0 Å². The molecule has 7 nitrogen and oxygen atoms in total. The quantitative estimate of drug-likeness (QED) is 0.470. The number of hydrogen-bond donors (Lipinski definition) is 1. The average molecular weight is 294 g/mol. The highest BCUT2D eigenvalue weighted by Gasteiger charge is 2.17. The first kappa shape index (κ1) is 16.6. The molecule has 0 bridgehead atoms. The Morgan fingerprint density at radius 2 is 2.05 bits per heavy atom. The van der Waals surface area contributed by atoms with E-state index in [2.05, 4.69) is 0 Å². The van der Waals surface area contributed by atoms with E-state index in [1.807, 2.05) is 13.8 Å². The van der Waals surface area contributed by atoms with Gasteiger partial charge in [-0.3, -0.25) is 19.7 Å². The van der Waals surface area contributed by atoms with Crippen molar-refractivity contribution < 1.29 is 19.2 Å². The number of hydrogen-bond acceptors (Lipinski definition) is 5. The molecule has 0 aliphatic carbocycles. The van der Waals surface area contributed by atoms with Gasteiger partial charge in [0.1, 0.15) is 6.61 Å². The molecule has 0 saturated carbocycles. The molecule has 0 fully saturated rings. The average Bonchev–Trinajstić information content (AvgIpc) is 2.42. The van der Waals surface area contributed by atoms with Crippen molar-refractivity contribution in [1.29, 1.82) is 0 Å². The minimum Gasteiger partial charge on any atom is -0.461 e. The van der Waals surface area contributed by atoms with Crippen molar-refractivity contribution >= 4 is 17.6 Å². The van der Waals surface area contributed by atoms with Crippen molar-refractivity contribution in [2.45, 2.75) is 33.3 Å². The second-order valence-electron chi connectivity index (χ2n) is 5.06. The molecule has 0 saturated heterocycles. The molecule has 7 heteroatoms. The van der Waals surface area contributed by atoms with Crippen LogP contribution in [0, 0.1) is 16.0 Å². The zero-order valence-corrected chi connectivity index (χ0v) is 12.0. The molecular weight excluding hydrogens is 276 g/mol. The lowest BCUT2D eigenvalue weighted by molar-refractivity contribution is -0.385. The molecule has 1 amide bonds. The third kappa shape index (κ3) is 5.21. The summed E-state index contributed by atoms with van der Waals surface area (Å²) in [6.07, 6.45) is 0.965. The lowest BCUT2D eigenvalue weighted by Gasteiger charge is -2.07. The van der Waals surface area contributed by atoms with Gasteiger partial charge in [-0.2, -0.15) is 0 Å². The van der Waals surface area contributed by atoms with E-state index in [4.69, 9.17) is 10.5 Å². The van der Waals surface area contributed by atoms with E-state index in [-0.39, 0.29) is 29.8 Å². The normalized spacial score (nSPS) is 10.4. The maximum atomic E-state index is 11.5. The van der Waals surface area contributed by atoms with Crippen molar-refractivity contribution in [3.05, 3.63) is 39.4 Å². The molecule has 0 aromatic heterocycles. The van der Waals surface area contributed by atoms with E-state index < -0.39 is 16.8 Å². The Morgan fingerprint density at radius 3 is 2.57 bits per heavy atom. The zero-order valence-electron chi connectivity index (χ0n) is 12.0. The number of carbonyl (C=O) groups excluding carboxylic acids is 2. The van der Waals surface area contributed by atoms with Gasteiger partial charge in [0.25, 0.3) is 5.69 Å². The lowest BCUT2D eigenvalue weighted by Crippen LogP contribution is -2.12. The monoisotopic (exact) mass is 294 g/mol. The molecule has 0 aliphatic rings. The van der Waals surface area contributed by atoms with Crippen LogP contribution < -0.4 is 5.73 Å². The van der Waals surface area contributed by atoms with Crippen molar-refractivity contribution in [2.24, 2.45) is 11.7 Å². The standard InChI is InChI=1S/C14H18N2O5/c1-9(2)3-6-13(17)21-8-11-5-4-10(14(15)18)7-12(11)16(19)20/h4-5,7,9H,3,6,8H2,1-2H3,(H2,15,18). The number of esters is 1. The van der Waals surface area contributed by atoms with E-state index >= 15 is 0 Å². The summed E-state index contributed by atoms with van der Waals surface area (Å²) in [7, 11) is 0. The van der Waals surface area contributed by atoms with Gasteiger partial charge in [-0.05, 0) is 24.5 Å². The molecule has 1 aromatic carbocycles. The van der Waals surface area contributed by atoms with Gasteiger partial charge in [0, 0.05) is 18.1 Å². The molecule has 114 valence electrons. The Bertz CT molecular complexity index is 554. The fourth-order valence-electron chi connectivity index (χ4n) is 1.65. The summed E-state index contributed by atoms with van der Waals surface area (Å²) in [6.45, 7) is 3.77. The Labute approximate surface area is 122 Å². The Hall–Kier alpha value is -2.44. The molecule has 0 atom stereocenters. The SMILES string of the molecule is CC(C)CCC(=O)OCc1ccc(C(N)=O)cc1[N+](=O)[O-]. The van der Waals surface area contributed by atoms with Crippen LogP contribution in [0.15, 0.2) is 18.2 Å². The van der Waals surface area contributed by atoms with E-state index in [0.717, 1.165) is 6.07 Å². The Balaban J connectivity index is 2.77. The minimum absolute atomic E-state index is 0.0385. The number of amides is 1. The number of nitrogens with two attached hydrogens (primary N) is 1. The first-order valence-electron chi connectivity index (χ1n) is 6.54. The molecule has 21 heavy (non-hydrogen) atoms. The molecule has 0 heterocycles. The largest absolute Gasteiger partial charge is 0.461 e. The topological polar surface area (TPSA) is 113 Å². The van der Waals surface area contributed by atoms with Gasteiger partial charge in [-0.25, -0.2) is 0 Å². The minimum atomic E-state index is -0.751. The number of benzene rings is 1. The summed E-state index contributed by atoms with van der Waals surface area (Å²) in [5.74, 6) is -0.780. The predicted molar refractivity (Wildman–Crippen MR) is 75.5 cm³/mol. The van der Waals surface area contributed by atoms with Crippen LogP contribution in [0.2, 0.25) is 0 Å². The molecule has 0 aliphatic heterocycles. The maximum Gasteiger partial charge on any atom is 0.306 e. The number of ether oxygens (including phenoxy) is 1. The first-order valence-corrected chi connectivity index (χ1v) is 6.54. The van der Waals surface area contributed by atoms with Gasteiger partial charge < -0.3 is 10.5 Å². The Morgan fingerprint density at radius 1 is 1.38 bits per heavy atom. The van der Waals surface area contributed by atoms with Gasteiger partial charge in [-0.1, -0.05) is 13.8 Å². The summed E-state index contributed by atoms with van der Waals surface area (Å²) in [5.41, 5.74) is 5.05. The fourth-order valence-corrected chi connectivity index (χ4v) is 1.65. The molecule has 1 rings (SSSR count). The van der Waals surface area contributed by atoms with Gasteiger partial charge in [0.2, 0.25) is 5.91 Å². The van der Waals surface area contributed by atoms with Crippen LogP contribution >= 0.6 is 0 Å². The fraction of sp³-hybridized carbons (Fsp3) is 0.429. The molecule has 1 aromatic rings. The van der Waals surface area contributed by atoms with Crippen molar-refractivity contribution in [2.75, 3.05) is 0 Å². The van der Waals surface area contributed by atoms with Crippen LogP contribution in [0.25, 0.3) is 0 Å². The Kier molecular flexibility index (Phi) is 5.83. The second-order valence-corrected chi connectivity index (χ2v) is 5.06. The van der Waals surface area contributed by atoms with Gasteiger partial charge in [0.05, 0.1) is 10.5 Å². The molecule has 0 radical (unpaired) electrons. The highest BCUT2D eigenvalue weighted by atomic mass is 16.6. The van der Waals surface area contributed by atoms with E-state index in [1.165, 1.54) is 12.1 Å². The van der Waals surface area contributed by atoms with Crippen molar-refractivity contribution in [3.8, 4) is 0 Å². The number of carbonyl (C=O) groups is 2. The van der Waals surface area contributed by atoms with Crippen LogP contribution in [-0.2, 0) is 16.1 Å². The number of primary amides is 1. The molecule has 0 unspecified atom stereocenters. The van der Waals surface area contributed by atoms with Crippen molar-refractivity contribution in [1.82, 2.24) is 0 Å². The third-order valence-electron chi connectivity index (χ3n) is 2.88. The number of nitro benzene ring substituents is 1. The van der Waals surface area contributed by atoms with Gasteiger partial charge in [0.15, 0.2) is 0 Å². The summed E-state index contributed by atoms with van der Waals surface area (Å²) >= 11 is 0. The summed E-state index contributed by atoms with van der Waals surface area (Å²) in [6, 6.07) is 3.82. The van der Waals surface area contributed by atoms with Crippen molar-refractivity contribution in [3.63, 3.8) is 0 Å². The number of nitro groups is 1. The molecule has 0 spiro atoms. The number of nitrogens with zero attached hydrogens (tertiary/aromatic N) is 1. The van der Waals surface area contributed by atoms with Crippen LogP contribution in [0.4, 0.5) is 5.69 Å². The second kappa shape index (κ2) is 7.37. The van der Waals surface area contributed by atoms with Gasteiger partial charge in [-0.15, -0.1) is 0 Å².